The van der Waals surface area contributed by atoms with Crippen LogP contribution in [0.1, 0.15) is 79.7 Å². The number of aliphatic hydroxyl groups excluding tert-OH is 2. The summed E-state index contributed by atoms with van der Waals surface area (Å²) in [4.78, 5) is 32.2. The molecule has 264 valence electrons. The molecule has 4 atom stereocenters. The highest BCUT2D eigenvalue weighted by Gasteiger charge is 2.56. The number of benzene rings is 3. The number of likely N-dealkylation sites (tertiary alicyclic amines) is 2. The number of aromatic hydroxyl groups is 1. The molecular formula is C43H52N2O5. The molecule has 0 saturated carbocycles. The SMILES string of the molecule is CCCC1=C([C@H](O)CC/C(=C/c2cc(C)c(O)c(C)c2)c2ccccc2)[C@H](CO)[C@@H]2C(=O)N(C3CCN(Cc4ccccc4)CC3)C(=O)[C@@H]2C1. The molecule has 2 heterocycles. The number of allylic oxidation sites excluding steroid dienone is 2. The molecule has 2 fully saturated rings. The van der Waals surface area contributed by atoms with Crippen molar-refractivity contribution in [1.29, 1.82) is 0 Å². The minimum absolute atomic E-state index is 0.101. The molecule has 0 unspecified atom stereocenters. The van der Waals surface area contributed by atoms with Crippen LogP contribution >= 0.6 is 0 Å². The van der Waals surface area contributed by atoms with Crippen molar-refractivity contribution in [2.24, 2.45) is 17.8 Å². The Balaban J connectivity index is 1.20. The fourth-order valence-corrected chi connectivity index (χ4v) is 8.73. The number of aliphatic hydroxyl groups is 2. The van der Waals surface area contributed by atoms with Crippen LogP contribution in [-0.2, 0) is 16.1 Å². The fourth-order valence-electron chi connectivity index (χ4n) is 8.73. The van der Waals surface area contributed by atoms with Crippen molar-refractivity contribution in [3.63, 3.8) is 0 Å². The van der Waals surface area contributed by atoms with Crippen molar-refractivity contribution in [2.45, 2.75) is 84.4 Å². The summed E-state index contributed by atoms with van der Waals surface area (Å²) in [7, 11) is 0. The van der Waals surface area contributed by atoms with Crippen LogP contribution in [0.3, 0.4) is 0 Å². The van der Waals surface area contributed by atoms with E-state index in [0.717, 1.165) is 84.3 Å². The van der Waals surface area contributed by atoms with Gasteiger partial charge in [-0.3, -0.25) is 19.4 Å². The number of phenols is 1. The van der Waals surface area contributed by atoms with E-state index in [0.29, 0.717) is 25.0 Å². The van der Waals surface area contributed by atoms with E-state index in [1.807, 2.05) is 62.4 Å². The van der Waals surface area contributed by atoms with Crippen LogP contribution in [0.25, 0.3) is 11.6 Å². The van der Waals surface area contributed by atoms with Crippen LogP contribution < -0.4 is 0 Å². The average Bonchev–Trinajstić information content (AvgIpc) is 3.37. The van der Waals surface area contributed by atoms with Crippen LogP contribution in [-0.4, -0.2) is 68.8 Å². The number of imide groups is 1. The van der Waals surface area contributed by atoms with Crippen molar-refractivity contribution in [3.8, 4) is 5.75 Å². The molecule has 2 amide bonds. The third kappa shape index (κ3) is 7.51. The van der Waals surface area contributed by atoms with Crippen molar-refractivity contribution in [3.05, 3.63) is 112 Å². The zero-order valence-corrected chi connectivity index (χ0v) is 29.7. The first-order chi connectivity index (χ1) is 24.2. The van der Waals surface area contributed by atoms with Gasteiger partial charge in [0, 0.05) is 31.6 Å². The van der Waals surface area contributed by atoms with Crippen molar-refractivity contribution < 1.29 is 24.9 Å². The topological polar surface area (TPSA) is 101 Å². The summed E-state index contributed by atoms with van der Waals surface area (Å²) >= 11 is 0. The maximum absolute atomic E-state index is 14.2. The number of nitrogens with zero attached hydrogens (tertiary/aromatic N) is 2. The van der Waals surface area contributed by atoms with E-state index in [4.69, 9.17) is 0 Å². The maximum atomic E-state index is 14.2. The molecule has 2 aliphatic heterocycles. The molecule has 3 N–H and O–H groups in total. The Bertz CT molecular complexity index is 1700. The van der Waals surface area contributed by atoms with Gasteiger partial charge in [-0.1, -0.05) is 85.7 Å². The van der Waals surface area contributed by atoms with Gasteiger partial charge in [0.2, 0.25) is 11.8 Å². The monoisotopic (exact) mass is 676 g/mol. The lowest BCUT2D eigenvalue weighted by atomic mass is 9.67. The van der Waals surface area contributed by atoms with E-state index in [9.17, 15) is 24.9 Å². The number of carbonyl (C=O) groups is 2. The number of hydrogen-bond donors (Lipinski definition) is 3. The summed E-state index contributed by atoms with van der Waals surface area (Å²) < 4.78 is 0. The van der Waals surface area contributed by atoms with E-state index < -0.39 is 23.9 Å². The second-order valence-electron chi connectivity index (χ2n) is 14.6. The fraction of sp³-hybridized carbons (Fsp3) is 0.442. The number of aryl methyl sites for hydroxylation is 2. The Morgan fingerprint density at radius 3 is 2.20 bits per heavy atom. The number of hydrogen-bond acceptors (Lipinski definition) is 6. The Hall–Kier alpha value is -4.04. The molecule has 3 aliphatic rings. The van der Waals surface area contributed by atoms with Gasteiger partial charge >= 0.3 is 0 Å². The van der Waals surface area contributed by atoms with Crippen molar-refractivity contribution in [1.82, 2.24) is 9.80 Å². The number of carbonyl (C=O) groups excluding carboxylic acids is 2. The quantitative estimate of drug-likeness (QED) is 0.108. The van der Waals surface area contributed by atoms with Gasteiger partial charge in [-0.25, -0.2) is 0 Å². The minimum atomic E-state index is -0.858. The Kier molecular flexibility index (Phi) is 11.4. The molecule has 0 spiro atoms. The third-order valence-corrected chi connectivity index (χ3v) is 11.2. The highest BCUT2D eigenvalue weighted by atomic mass is 16.3. The molecular weight excluding hydrogens is 624 g/mol. The Labute approximate surface area is 296 Å². The van der Waals surface area contributed by atoms with Gasteiger partial charge in [0.05, 0.1) is 24.5 Å². The third-order valence-electron chi connectivity index (χ3n) is 11.2. The van der Waals surface area contributed by atoms with Gasteiger partial charge in [-0.05, 0) is 103 Å². The van der Waals surface area contributed by atoms with Gasteiger partial charge in [0.1, 0.15) is 5.75 Å². The summed E-state index contributed by atoms with van der Waals surface area (Å²) in [6.07, 6.45) is 5.76. The molecule has 7 nitrogen and oxygen atoms in total. The summed E-state index contributed by atoms with van der Waals surface area (Å²) in [6, 6.07) is 24.3. The highest BCUT2D eigenvalue weighted by molar-refractivity contribution is 6.06. The zero-order chi connectivity index (χ0) is 35.4. The summed E-state index contributed by atoms with van der Waals surface area (Å²) in [5.41, 5.74) is 7.75. The van der Waals surface area contributed by atoms with E-state index in [-0.39, 0.29) is 24.5 Å². The highest BCUT2D eigenvalue weighted by Crippen LogP contribution is 2.48. The van der Waals surface area contributed by atoms with Crippen molar-refractivity contribution in [2.75, 3.05) is 19.7 Å². The second-order valence-corrected chi connectivity index (χ2v) is 14.6. The number of piperidine rings is 1. The summed E-state index contributed by atoms with van der Waals surface area (Å²) in [6.45, 7) is 8.09. The predicted molar refractivity (Wildman–Crippen MR) is 198 cm³/mol. The molecule has 50 heavy (non-hydrogen) atoms. The summed E-state index contributed by atoms with van der Waals surface area (Å²) in [5, 5.41) is 33.2. The van der Waals surface area contributed by atoms with E-state index >= 15 is 0 Å². The average molecular weight is 677 g/mol. The lowest BCUT2D eigenvalue weighted by Crippen LogP contribution is -2.47. The van der Waals surface area contributed by atoms with Crippen LogP contribution in [0.15, 0.2) is 83.9 Å². The number of amides is 2. The Morgan fingerprint density at radius 1 is 0.940 bits per heavy atom. The first kappa shape index (κ1) is 35.8. The normalized spacial score (nSPS) is 22.7. The molecule has 6 rings (SSSR count). The standard InChI is InChI=1S/C43H52N2O5/c1-4-11-34-25-36-40(43(50)45(42(36)49)35-18-20-44(21-19-35)26-30-12-7-5-8-13-30)37(27-46)39(34)38(47)17-16-33(32-14-9-6-10-15-32)24-31-22-28(2)41(48)29(3)23-31/h5-10,12-15,22-24,35-38,40,46-48H,4,11,16-21,25-27H2,1-3H3/b33-24-/t36-,37+,38-,40-/m1/s1. The van der Waals surface area contributed by atoms with Gasteiger partial charge in [0.25, 0.3) is 0 Å². The number of fused-ring (bicyclic) bond motifs is 1. The van der Waals surface area contributed by atoms with E-state index in [1.165, 1.54) is 5.56 Å². The van der Waals surface area contributed by atoms with Gasteiger partial charge in [-0.15, -0.1) is 0 Å². The molecule has 7 heteroatoms. The van der Waals surface area contributed by atoms with Gasteiger partial charge in [-0.2, -0.15) is 0 Å². The summed E-state index contributed by atoms with van der Waals surface area (Å²) in [5.74, 6) is -1.70. The molecule has 0 radical (unpaired) electrons. The zero-order valence-electron chi connectivity index (χ0n) is 29.7. The number of rotatable bonds is 12. The minimum Gasteiger partial charge on any atom is -0.507 e. The first-order valence-electron chi connectivity index (χ1n) is 18.4. The van der Waals surface area contributed by atoms with Gasteiger partial charge < -0.3 is 15.3 Å². The molecule has 1 aliphatic carbocycles. The molecule has 0 aromatic heterocycles. The van der Waals surface area contributed by atoms with E-state index in [1.54, 1.807) is 4.90 Å². The first-order valence-corrected chi connectivity index (χ1v) is 18.4. The molecule has 3 aromatic rings. The maximum Gasteiger partial charge on any atom is 0.234 e. The van der Waals surface area contributed by atoms with Crippen LogP contribution in [0.5, 0.6) is 5.75 Å². The van der Waals surface area contributed by atoms with E-state index in [2.05, 4.69) is 42.2 Å². The van der Waals surface area contributed by atoms with Crippen LogP contribution in [0, 0.1) is 31.6 Å². The molecule has 0 bridgehead atoms. The van der Waals surface area contributed by atoms with Gasteiger partial charge in [0.15, 0.2) is 0 Å². The second kappa shape index (κ2) is 15.9. The molecule has 3 aromatic carbocycles. The van der Waals surface area contributed by atoms with Crippen molar-refractivity contribution >= 4 is 23.5 Å². The predicted octanol–water partition coefficient (Wildman–Crippen LogP) is 7.07. The van der Waals surface area contributed by atoms with Crippen LogP contribution in [0.4, 0.5) is 0 Å². The lowest BCUT2D eigenvalue weighted by molar-refractivity contribution is -0.144. The lowest BCUT2D eigenvalue weighted by Gasteiger charge is -2.37. The Morgan fingerprint density at radius 2 is 1.58 bits per heavy atom. The smallest absolute Gasteiger partial charge is 0.234 e. The number of phenolic OH excluding ortho intramolecular Hbond substituents is 1. The molecule has 2 saturated heterocycles. The largest absolute Gasteiger partial charge is 0.507 e. The van der Waals surface area contributed by atoms with Crippen LogP contribution in [0.2, 0.25) is 0 Å².